The molecule has 0 aliphatic carbocycles. The maximum Gasteiger partial charge on any atom is 0.347 e. The first-order chi connectivity index (χ1) is 19.5. The fourth-order valence-corrected chi connectivity index (χ4v) is 10.4. The Balaban J connectivity index is 1.99. The molecule has 4 aromatic rings. The summed E-state index contributed by atoms with van der Waals surface area (Å²) < 4.78 is 18.8. The number of anilines is 1. The molecule has 0 fully saturated rings. The standard InChI is InChI=1S/C30H31N2O6P2/c1-4-38-25(33)20-21-39-27(30(35)37-3)26(29(34)36-2)28(31-39)32-40(22-14-8-5-9-15-22,23-16-10-6-11-17-23)24-18-12-7-13-19-24/h5-19H,4,20-21H2,1-3H3,(H,31,32)/q+1/p+1. The van der Waals surface area contributed by atoms with Crippen molar-refractivity contribution in [3.63, 3.8) is 0 Å². The summed E-state index contributed by atoms with van der Waals surface area (Å²) in [6.07, 6.45) is 0.350. The van der Waals surface area contributed by atoms with Gasteiger partial charge in [-0.05, 0) is 43.3 Å². The molecule has 1 heterocycles. The number of rotatable bonds is 11. The first-order valence-corrected chi connectivity index (χ1v) is 16.1. The number of esters is 3. The molecule has 10 heteroatoms. The van der Waals surface area contributed by atoms with Crippen LogP contribution in [0.2, 0.25) is 0 Å². The normalized spacial score (nSPS) is 11.4. The number of carbonyl (C=O) groups excluding carboxylic acids is 3. The minimum absolute atomic E-state index is 0.0745. The van der Waals surface area contributed by atoms with E-state index in [1.54, 1.807) is 6.92 Å². The molecule has 0 saturated carbocycles. The Bertz CT molecular complexity index is 1360. The Morgan fingerprint density at radius 3 is 1.68 bits per heavy atom. The van der Waals surface area contributed by atoms with E-state index >= 15 is 0 Å². The quantitative estimate of drug-likeness (QED) is 0.160. The molecule has 0 radical (unpaired) electrons. The third-order valence-electron chi connectivity index (χ3n) is 6.33. The van der Waals surface area contributed by atoms with Crippen molar-refractivity contribution in [2.45, 2.75) is 19.5 Å². The Kier molecular flexibility index (Phi) is 9.70. The second kappa shape index (κ2) is 13.4. The van der Waals surface area contributed by atoms with Crippen molar-refractivity contribution >= 4 is 54.7 Å². The van der Waals surface area contributed by atoms with Crippen LogP contribution in [0.5, 0.6) is 0 Å². The van der Waals surface area contributed by atoms with Gasteiger partial charge in [-0.25, -0.2) is 14.3 Å². The molecule has 0 aliphatic heterocycles. The van der Waals surface area contributed by atoms with E-state index in [1.807, 2.05) is 54.6 Å². The van der Waals surface area contributed by atoms with Gasteiger partial charge in [0.1, 0.15) is 21.2 Å². The van der Waals surface area contributed by atoms with Crippen LogP contribution in [-0.2, 0) is 25.2 Å². The summed E-state index contributed by atoms with van der Waals surface area (Å²) in [5.74, 6) is -1.34. The van der Waals surface area contributed by atoms with Gasteiger partial charge in [-0.2, -0.15) is 0 Å². The number of aromatic nitrogens is 1. The van der Waals surface area contributed by atoms with Gasteiger partial charge in [0.25, 0.3) is 7.41 Å². The van der Waals surface area contributed by atoms with Gasteiger partial charge in [0.2, 0.25) is 0 Å². The molecule has 0 amide bonds. The average molecular weight is 579 g/mol. The monoisotopic (exact) mass is 578 g/mol. The van der Waals surface area contributed by atoms with E-state index in [-0.39, 0.29) is 36.0 Å². The predicted octanol–water partition coefficient (Wildman–Crippen LogP) is 4.33. The number of methoxy groups -OCH3 is 2. The van der Waals surface area contributed by atoms with E-state index in [2.05, 4.69) is 46.2 Å². The van der Waals surface area contributed by atoms with Crippen LogP contribution >= 0.6 is 15.1 Å². The fourth-order valence-electron chi connectivity index (χ4n) is 4.56. The summed E-state index contributed by atoms with van der Waals surface area (Å²) in [7, 11) is -1.62. The predicted molar refractivity (Wildman–Crippen MR) is 158 cm³/mol. The van der Waals surface area contributed by atoms with E-state index in [9.17, 15) is 14.4 Å². The number of aryl methyl sites for hydroxylation is 1. The van der Waals surface area contributed by atoms with Gasteiger partial charge in [-0.1, -0.05) is 54.6 Å². The molecule has 2 N–H and O–H groups in total. The van der Waals surface area contributed by atoms with Gasteiger partial charge in [-0.15, -0.1) is 5.09 Å². The van der Waals surface area contributed by atoms with Crippen LogP contribution in [-0.4, -0.2) is 38.7 Å². The highest BCUT2D eigenvalue weighted by molar-refractivity contribution is 7.96. The summed E-state index contributed by atoms with van der Waals surface area (Å²) in [4.78, 5) is 38.6. The van der Waals surface area contributed by atoms with Crippen LogP contribution in [0.15, 0.2) is 91.0 Å². The Morgan fingerprint density at radius 2 is 1.25 bits per heavy atom. The lowest BCUT2D eigenvalue weighted by atomic mass is 10.2. The van der Waals surface area contributed by atoms with Crippen molar-refractivity contribution in [1.82, 2.24) is 0 Å². The lowest BCUT2D eigenvalue weighted by Crippen LogP contribution is -2.37. The third-order valence-corrected chi connectivity index (χ3v) is 12.2. The van der Waals surface area contributed by atoms with Crippen molar-refractivity contribution in [2.75, 3.05) is 25.9 Å². The topological polar surface area (TPSA) is 105 Å². The molecule has 0 aliphatic rings. The van der Waals surface area contributed by atoms with Crippen LogP contribution in [0.25, 0.3) is 0 Å². The molecule has 206 valence electrons. The largest absolute Gasteiger partial charge is 0.466 e. The number of aromatic amines is 1. The zero-order chi connectivity index (χ0) is 28.5. The van der Waals surface area contributed by atoms with Gasteiger partial charge < -0.3 is 14.2 Å². The van der Waals surface area contributed by atoms with Crippen LogP contribution in [0.4, 0.5) is 5.82 Å². The highest BCUT2D eigenvalue weighted by Gasteiger charge is 2.53. The third kappa shape index (κ3) is 5.94. The van der Waals surface area contributed by atoms with Crippen LogP contribution in [0.1, 0.15) is 33.8 Å². The molecule has 1 aromatic heterocycles. The molecule has 40 heavy (non-hydrogen) atoms. The zero-order valence-electron chi connectivity index (χ0n) is 22.6. The molecule has 0 spiro atoms. The van der Waals surface area contributed by atoms with E-state index in [1.165, 1.54) is 14.2 Å². The van der Waals surface area contributed by atoms with Crippen molar-refractivity contribution in [3.8, 4) is 0 Å². The zero-order valence-corrected chi connectivity index (χ0v) is 24.4. The molecule has 4 rings (SSSR count). The van der Waals surface area contributed by atoms with Gasteiger partial charge in [0.05, 0.1) is 34.9 Å². The number of H-pyrrole nitrogens is 1. The van der Waals surface area contributed by atoms with Crippen LogP contribution in [0, 0.1) is 0 Å². The minimum atomic E-state index is -2.66. The van der Waals surface area contributed by atoms with Crippen molar-refractivity contribution < 1.29 is 33.3 Å². The number of nitrogens with one attached hydrogen (secondary N) is 2. The number of ether oxygens (including phenoxy) is 3. The summed E-state index contributed by atoms with van der Waals surface area (Å²) >= 11 is 0. The van der Waals surface area contributed by atoms with Gasteiger partial charge >= 0.3 is 23.7 Å². The van der Waals surface area contributed by atoms with Gasteiger partial charge in [0, 0.05) is 6.16 Å². The minimum Gasteiger partial charge on any atom is -0.466 e. The summed E-state index contributed by atoms with van der Waals surface area (Å²) in [5.41, 5.74) is 0.0801. The Hall–Kier alpha value is -3.99. The molecule has 3 aromatic carbocycles. The molecule has 0 saturated heterocycles. The van der Waals surface area contributed by atoms with E-state index in [0.29, 0.717) is 5.82 Å². The molecular formula is C30H32N2O6P2+2. The summed E-state index contributed by atoms with van der Waals surface area (Å²) in [5, 5.41) is 6.98. The number of hydrogen-bond acceptors (Lipinski definition) is 7. The van der Waals surface area contributed by atoms with E-state index in [0.717, 1.165) is 15.9 Å². The molecular weight excluding hydrogens is 546 g/mol. The first kappa shape index (κ1) is 29.0. The number of carbonyl (C=O) groups is 3. The average Bonchev–Trinajstić information content (AvgIpc) is 3.37. The molecule has 1 unspecified atom stereocenters. The van der Waals surface area contributed by atoms with E-state index < -0.39 is 27.0 Å². The van der Waals surface area contributed by atoms with Crippen molar-refractivity contribution in [3.05, 3.63) is 102 Å². The number of hydrogen-bond donors (Lipinski definition) is 1. The smallest absolute Gasteiger partial charge is 0.347 e. The lowest BCUT2D eigenvalue weighted by Gasteiger charge is -2.23. The maximum atomic E-state index is 13.3. The SMILES string of the molecule is CCOC(=O)CCp1[nH+]c(N[P+](c2ccccc2)(c2ccccc2)c2ccccc2)c(C(=O)OC)c1C(=O)OC. The first-order valence-electron chi connectivity index (χ1n) is 12.8. The molecule has 1 atom stereocenters. The van der Waals surface area contributed by atoms with Gasteiger partial charge in [-0.3, -0.25) is 4.79 Å². The second-order valence-corrected chi connectivity index (χ2v) is 13.8. The fraction of sp³-hybridized carbons (Fsp3) is 0.200. The Labute approximate surface area is 235 Å². The van der Waals surface area contributed by atoms with E-state index in [4.69, 9.17) is 14.2 Å². The summed E-state index contributed by atoms with van der Waals surface area (Å²) in [6, 6.07) is 30.1. The number of benzene rings is 3. The highest BCUT2D eigenvalue weighted by atomic mass is 31.2. The maximum absolute atomic E-state index is 13.3. The Morgan fingerprint density at radius 1 is 0.775 bits per heavy atom. The molecule has 0 bridgehead atoms. The van der Waals surface area contributed by atoms with Crippen LogP contribution < -0.4 is 25.7 Å². The van der Waals surface area contributed by atoms with Crippen molar-refractivity contribution in [1.29, 1.82) is 0 Å². The lowest BCUT2D eigenvalue weighted by molar-refractivity contribution is -0.273. The highest BCUT2D eigenvalue weighted by Crippen LogP contribution is 2.55. The van der Waals surface area contributed by atoms with Crippen molar-refractivity contribution in [2.24, 2.45) is 0 Å². The van der Waals surface area contributed by atoms with Crippen LogP contribution in [0.3, 0.4) is 0 Å². The second-order valence-electron chi connectivity index (χ2n) is 8.69. The van der Waals surface area contributed by atoms with Gasteiger partial charge in [0.15, 0.2) is 5.56 Å². The summed E-state index contributed by atoms with van der Waals surface area (Å²) in [6.45, 7) is 2.00. The molecule has 8 nitrogen and oxygen atoms in total.